The first-order valence-electron chi connectivity index (χ1n) is 6.87. The molecule has 0 saturated carbocycles. The highest BCUT2D eigenvalue weighted by Gasteiger charge is 2.21. The maximum absolute atomic E-state index is 11.6. The zero-order valence-electron chi connectivity index (χ0n) is 12.0. The number of aliphatic hydroxyl groups is 1. The van der Waals surface area contributed by atoms with Crippen molar-refractivity contribution in [3.8, 4) is 0 Å². The highest BCUT2D eigenvalue weighted by atomic mass is 16.5. The van der Waals surface area contributed by atoms with Gasteiger partial charge < -0.3 is 20.1 Å². The molecule has 0 bridgehead atoms. The van der Waals surface area contributed by atoms with Crippen LogP contribution in [0.25, 0.3) is 0 Å². The minimum Gasteiger partial charge on any atom is -0.387 e. The summed E-state index contributed by atoms with van der Waals surface area (Å²) in [5, 5.41) is 15.2. The maximum atomic E-state index is 11.6. The summed E-state index contributed by atoms with van der Waals surface area (Å²) in [5.74, 6) is -0.390. The molecule has 1 aromatic rings. The van der Waals surface area contributed by atoms with Crippen LogP contribution in [0.4, 0.5) is 5.69 Å². The second-order valence-electron chi connectivity index (χ2n) is 4.91. The van der Waals surface area contributed by atoms with Crippen LogP contribution in [0.2, 0.25) is 0 Å². The highest BCUT2D eigenvalue weighted by molar-refractivity contribution is 5.76. The molecule has 0 unspecified atom stereocenters. The third kappa shape index (κ3) is 4.27. The summed E-state index contributed by atoms with van der Waals surface area (Å²) in [5.41, 5.74) is 0.636. The molecule has 1 saturated heterocycles. The minimum absolute atomic E-state index is 0.0261. The molecule has 116 valence electrons. The molecule has 1 fully saturated rings. The van der Waals surface area contributed by atoms with Crippen LogP contribution >= 0.6 is 0 Å². The summed E-state index contributed by atoms with van der Waals surface area (Å²) in [4.78, 5) is 24.6. The number of hydrogen-bond donors (Lipinski definition) is 2. The number of hydrogen-bond acceptors (Lipinski definition) is 6. The van der Waals surface area contributed by atoms with Gasteiger partial charge in [-0.2, -0.15) is 5.10 Å². The lowest BCUT2D eigenvalue weighted by molar-refractivity contribution is -0.123. The molecule has 1 amide bonds. The Hall–Kier alpha value is -1.93. The molecule has 0 aromatic carbocycles. The van der Waals surface area contributed by atoms with E-state index in [4.69, 9.17) is 9.84 Å². The van der Waals surface area contributed by atoms with E-state index in [1.807, 2.05) is 0 Å². The molecule has 1 aliphatic rings. The van der Waals surface area contributed by atoms with Crippen molar-refractivity contribution in [2.75, 3.05) is 37.7 Å². The number of nitrogens with one attached hydrogen (secondary N) is 1. The van der Waals surface area contributed by atoms with E-state index in [2.05, 4.69) is 15.3 Å². The van der Waals surface area contributed by atoms with E-state index in [1.54, 1.807) is 19.3 Å². The number of ether oxygens (including phenoxy) is 1. The van der Waals surface area contributed by atoms with Gasteiger partial charge >= 0.3 is 0 Å². The Bertz CT molecular complexity index is 545. The van der Waals surface area contributed by atoms with Crippen LogP contribution in [0.5, 0.6) is 0 Å². The van der Waals surface area contributed by atoms with Gasteiger partial charge in [0.1, 0.15) is 6.61 Å². The summed E-state index contributed by atoms with van der Waals surface area (Å²) < 4.78 is 6.92. The summed E-state index contributed by atoms with van der Waals surface area (Å²) in [6.45, 7) is 1.86. The summed E-state index contributed by atoms with van der Waals surface area (Å²) in [6, 6.07) is 1.56. The molecule has 1 atom stereocenters. The van der Waals surface area contributed by atoms with Crippen LogP contribution in [-0.2, 0) is 16.6 Å². The lowest BCUT2D eigenvalue weighted by Crippen LogP contribution is -2.44. The largest absolute Gasteiger partial charge is 0.387 e. The zero-order chi connectivity index (χ0) is 15.2. The van der Waals surface area contributed by atoms with Gasteiger partial charge in [0, 0.05) is 32.7 Å². The Morgan fingerprint density at radius 2 is 2.43 bits per heavy atom. The number of carbonyl (C=O) groups is 1. The van der Waals surface area contributed by atoms with E-state index >= 15 is 0 Å². The molecule has 8 nitrogen and oxygen atoms in total. The van der Waals surface area contributed by atoms with Gasteiger partial charge in [0.2, 0.25) is 5.91 Å². The van der Waals surface area contributed by atoms with Crippen LogP contribution in [0, 0.1) is 0 Å². The van der Waals surface area contributed by atoms with E-state index in [0.29, 0.717) is 32.7 Å². The lowest BCUT2D eigenvalue weighted by atomic mass is 10.2. The summed E-state index contributed by atoms with van der Waals surface area (Å²) >= 11 is 0. The molecule has 0 aliphatic carbocycles. The fourth-order valence-corrected chi connectivity index (χ4v) is 2.19. The smallest absolute Gasteiger partial charge is 0.268 e. The average Bonchev–Trinajstić information content (AvgIpc) is 2.50. The minimum atomic E-state index is -0.503. The first-order valence-corrected chi connectivity index (χ1v) is 6.87. The molecular weight excluding hydrogens is 276 g/mol. The molecule has 2 heterocycles. The van der Waals surface area contributed by atoms with Crippen molar-refractivity contribution >= 4 is 11.6 Å². The van der Waals surface area contributed by atoms with Crippen molar-refractivity contribution < 1.29 is 14.6 Å². The van der Waals surface area contributed by atoms with Gasteiger partial charge in [-0.1, -0.05) is 0 Å². The number of anilines is 1. The van der Waals surface area contributed by atoms with Crippen molar-refractivity contribution in [2.45, 2.75) is 12.5 Å². The van der Waals surface area contributed by atoms with Gasteiger partial charge in [0.25, 0.3) is 5.56 Å². The topological polar surface area (TPSA) is 96.7 Å². The first kappa shape index (κ1) is 15.5. The number of morpholine rings is 1. The predicted octanol–water partition coefficient (Wildman–Crippen LogP) is -1.52. The van der Waals surface area contributed by atoms with Crippen molar-refractivity contribution in [1.29, 1.82) is 0 Å². The van der Waals surface area contributed by atoms with Gasteiger partial charge in [-0.25, -0.2) is 4.68 Å². The third-order valence-corrected chi connectivity index (χ3v) is 3.39. The normalized spacial score (nSPS) is 18.6. The molecule has 0 spiro atoms. The Morgan fingerprint density at radius 3 is 3.14 bits per heavy atom. The van der Waals surface area contributed by atoms with Crippen molar-refractivity contribution in [1.82, 2.24) is 15.1 Å². The Kier molecular flexibility index (Phi) is 5.29. The monoisotopic (exact) mass is 296 g/mol. The molecule has 21 heavy (non-hydrogen) atoms. The Morgan fingerprint density at radius 1 is 1.62 bits per heavy atom. The number of aromatic nitrogens is 2. The van der Waals surface area contributed by atoms with E-state index in [9.17, 15) is 9.59 Å². The van der Waals surface area contributed by atoms with Crippen LogP contribution in [-0.4, -0.2) is 59.7 Å². The van der Waals surface area contributed by atoms with E-state index in [-0.39, 0.29) is 11.7 Å². The quantitative estimate of drug-likeness (QED) is 0.685. The van der Waals surface area contributed by atoms with E-state index in [1.165, 1.54) is 4.68 Å². The van der Waals surface area contributed by atoms with Crippen molar-refractivity contribution in [3.63, 3.8) is 0 Å². The number of amides is 1. The van der Waals surface area contributed by atoms with Gasteiger partial charge in [0.05, 0.1) is 24.6 Å². The third-order valence-electron chi connectivity index (χ3n) is 3.39. The standard InChI is InChI=1S/C13H20N4O4/c1-16-13(20)6-10(7-15-16)17-4-5-21-11(8-17)2-3-14-12(19)9-18/h6-7,11,18H,2-5,8-9H2,1H3,(H,14,19)/t11-/m1/s1. The molecule has 0 radical (unpaired) electrons. The maximum Gasteiger partial charge on any atom is 0.268 e. The second-order valence-corrected chi connectivity index (χ2v) is 4.91. The van der Waals surface area contributed by atoms with Crippen molar-refractivity contribution in [3.05, 3.63) is 22.6 Å². The van der Waals surface area contributed by atoms with Gasteiger partial charge in [-0.3, -0.25) is 9.59 Å². The zero-order valence-corrected chi connectivity index (χ0v) is 12.0. The molecule has 8 heteroatoms. The molecule has 1 aromatic heterocycles. The Balaban J connectivity index is 1.89. The average molecular weight is 296 g/mol. The van der Waals surface area contributed by atoms with Gasteiger partial charge in [-0.15, -0.1) is 0 Å². The number of aliphatic hydroxyl groups excluding tert-OH is 1. The van der Waals surface area contributed by atoms with Gasteiger partial charge in [-0.05, 0) is 6.42 Å². The lowest BCUT2D eigenvalue weighted by Gasteiger charge is -2.34. The van der Waals surface area contributed by atoms with Gasteiger partial charge in [0.15, 0.2) is 0 Å². The summed E-state index contributed by atoms with van der Waals surface area (Å²) in [7, 11) is 1.61. The number of aryl methyl sites for hydroxylation is 1. The number of carbonyl (C=O) groups excluding carboxylic acids is 1. The SMILES string of the molecule is Cn1ncc(N2CCO[C@H](CCNC(=O)CO)C2)cc1=O. The number of nitrogens with zero attached hydrogens (tertiary/aromatic N) is 3. The summed E-state index contributed by atoms with van der Waals surface area (Å²) in [6.07, 6.45) is 2.29. The number of rotatable bonds is 5. The molecular formula is C13H20N4O4. The van der Waals surface area contributed by atoms with Crippen molar-refractivity contribution in [2.24, 2.45) is 7.05 Å². The predicted molar refractivity (Wildman–Crippen MR) is 76.1 cm³/mol. The van der Waals surface area contributed by atoms with Crippen LogP contribution in [0.15, 0.2) is 17.1 Å². The van der Waals surface area contributed by atoms with Crippen LogP contribution < -0.4 is 15.8 Å². The van der Waals surface area contributed by atoms with E-state index in [0.717, 1.165) is 5.69 Å². The second kappa shape index (κ2) is 7.19. The molecule has 2 N–H and O–H groups in total. The molecule has 1 aliphatic heterocycles. The fraction of sp³-hybridized carbons (Fsp3) is 0.615. The molecule has 2 rings (SSSR count). The Labute approximate surface area is 122 Å². The van der Waals surface area contributed by atoms with Crippen LogP contribution in [0.1, 0.15) is 6.42 Å². The van der Waals surface area contributed by atoms with E-state index < -0.39 is 12.5 Å². The van der Waals surface area contributed by atoms with Crippen LogP contribution in [0.3, 0.4) is 0 Å². The highest BCUT2D eigenvalue weighted by Crippen LogP contribution is 2.16. The fourth-order valence-electron chi connectivity index (χ4n) is 2.19. The first-order chi connectivity index (χ1) is 10.1.